The zero-order valence-corrected chi connectivity index (χ0v) is 16.0. The van der Waals surface area contributed by atoms with Crippen LogP contribution in [0.25, 0.3) is 0 Å². The fourth-order valence-corrected chi connectivity index (χ4v) is 4.35. The highest BCUT2D eigenvalue weighted by molar-refractivity contribution is 5.94. The topological polar surface area (TPSA) is 69.7 Å². The van der Waals surface area contributed by atoms with E-state index < -0.39 is 0 Å². The molecule has 3 saturated heterocycles. The zero-order valence-electron chi connectivity index (χ0n) is 16.0. The fourth-order valence-electron chi connectivity index (χ4n) is 4.35. The van der Waals surface area contributed by atoms with Gasteiger partial charge in [-0.25, -0.2) is 4.98 Å². The summed E-state index contributed by atoms with van der Waals surface area (Å²) >= 11 is 0. The van der Waals surface area contributed by atoms with Crippen LogP contribution in [-0.4, -0.2) is 85.3 Å². The van der Waals surface area contributed by atoms with Crippen molar-refractivity contribution in [2.75, 3.05) is 57.8 Å². The Balaban J connectivity index is 1.28. The number of aromatic nitrogens is 1. The Morgan fingerprint density at radius 2 is 1.96 bits per heavy atom. The number of nitrogens with zero attached hydrogens (tertiary/aromatic N) is 3. The first kappa shape index (κ1) is 18.7. The van der Waals surface area contributed by atoms with Crippen molar-refractivity contribution in [1.82, 2.24) is 20.1 Å². The summed E-state index contributed by atoms with van der Waals surface area (Å²) in [4.78, 5) is 21.8. The summed E-state index contributed by atoms with van der Waals surface area (Å²) in [6, 6.07) is 4.85. The molecule has 3 fully saturated rings. The molecular formula is C20H31N5O2. The second-order valence-corrected chi connectivity index (χ2v) is 7.79. The van der Waals surface area contributed by atoms with Gasteiger partial charge in [-0.3, -0.25) is 9.69 Å². The van der Waals surface area contributed by atoms with E-state index in [2.05, 4.69) is 20.5 Å². The molecule has 148 valence electrons. The van der Waals surface area contributed by atoms with Crippen molar-refractivity contribution in [3.8, 4) is 0 Å². The van der Waals surface area contributed by atoms with Crippen molar-refractivity contribution in [1.29, 1.82) is 0 Å². The average molecular weight is 374 g/mol. The second kappa shape index (κ2) is 8.99. The number of rotatable bonds is 4. The van der Waals surface area contributed by atoms with Crippen LogP contribution in [0.1, 0.15) is 36.0 Å². The van der Waals surface area contributed by atoms with Gasteiger partial charge in [0, 0.05) is 51.0 Å². The standard InChI is InChI=1S/C20H31N5O2/c26-20(25-8-5-18(6-9-25)24-10-12-27-13-11-24)16-3-4-19(22-14-16)23-17-2-1-7-21-15-17/h3-4,14,17-18,21H,1-2,5-13,15H2,(H,22,23). The van der Waals surface area contributed by atoms with Crippen LogP contribution in [0.5, 0.6) is 0 Å². The van der Waals surface area contributed by atoms with Gasteiger partial charge in [0.2, 0.25) is 0 Å². The van der Waals surface area contributed by atoms with Gasteiger partial charge < -0.3 is 20.3 Å². The van der Waals surface area contributed by atoms with Crippen LogP contribution < -0.4 is 10.6 Å². The van der Waals surface area contributed by atoms with Crippen molar-refractivity contribution in [3.05, 3.63) is 23.9 Å². The summed E-state index contributed by atoms with van der Waals surface area (Å²) in [6.07, 6.45) is 6.16. The largest absolute Gasteiger partial charge is 0.379 e. The molecule has 4 heterocycles. The molecule has 0 radical (unpaired) electrons. The number of hydrogen-bond donors (Lipinski definition) is 2. The number of carbonyl (C=O) groups excluding carboxylic acids is 1. The minimum Gasteiger partial charge on any atom is -0.379 e. The molecule has 4 rings (SSSR count). The molecule has 0 aliphatic carbocycles. The predicted molar refractivity (Wildman–Crippen MR) is 105 cm³/mol. The molecule has 0 bridgehead atoms. The monoisotopic (exact) mass is 373 g/mol. The van der Waals surface area contributed by atoms with E-state index in [0.717, 1.165) is 77.6 Å². The molecule has 7 nitrogen and oxygen atoms in total. The van der Waals surface area contributed by atoms with Crippen molar-refractivity contribution in [3.63, 3.8) is 0 Å². The number of ether oxygens (including phenoxy) is 1. The number of nitrogens with one attached hydrogen (secondary N) is 2. The molecule has 3 aliphatic rings. The van der Waals surface area contributed by atoms with Crippen LogP contribution in [0.2, 0.25) is 0 Å². The van der Waals surface area contributed by atoms with E-state index in [0.29, 0.717) is 17.6 Å². The first-order valence-corrected chi connectivity index (χ1v) is 10.3. The Morgan fingerprint density at radius 1 is 1.15 bits per heavy atom. The maximum absolute atomic E-state index is 12.8. The van der Waals surface area contributed by atoms with Gasteiger partial charge in [-0.05, 0) is 44.4 Å². The molecule has 1 atom stereocenters. The SMILES string of the molecule is O=C(c1ccc(NC2CCCNC2)nc1)N1CCC(N2CCOCC2)CC1. The van der Waals surface area contributed by atoms with E-state index >= 15 is 0 Å². The molecule has 0 aromatic carbocycles. The van der Waals surface area contributed by atoms with E-state index in [1.54, 1.807) is 6.20 Å². The van der Waals surface area contributed by atoms with Crippen molar-refractivity contribution in [2.45, 2.75) is 37.8 Å². The Bertz CT molecular complexity index is 603. The quantitative estimate of drug-likeness (QED) is 0.826. The molecule has 1 unspecified atom stereocenters. The summed E-state index contributed by atoms with van der Waals surface area (Å²) < 4.78 is 5.44. The normalized spacial score (nSPS) is 25.3. The minimum absolute atomic E-state index is 0.105. The zero-order chi connectivity index (χ0) is 18.5. The van der Waals surface area contributed by atoms with E-state index in [1.165, 1.54) is 6.42 Å². The van der Waals surface area contributed by atoms with Crippen LogP contribution in [0.4, 0.5) is 5.82 Å². The molecule has 2 N–H and O–H groups in total. The summed E-state index contributed by atoms with van der Waals surface area (Å²) in [5.41, 5.74) is 0.687. The summed E-state index contributed by atoms with van der Waals surface area (Å²) in [5, 5.41) is 6.85. The molecule has 0 spiro atoms. The number of amides is 1. The lowest BCUT2D eigenvalue weighted by Gasteiger charge is -2.40. The summed E-state index contributed by atoms with van der Waals surface area (Å²) in [7, 11) is 0. The van der Waals surface area contributed by atoms with E-state index in [9.17, 15) is 4.79 Å². The molecule has 3 aliphatic heterocycles. The van der Waals surface area contributed by atoms with Crippen molar-refractivity contribution >= 4 is 11.7 Å². The lowest BCUT2D eigenvalue weighted by Crippen LogP contribution is -2.50. The Kier molecular flexibility index (Phi) is 6.21. The second-order valence-electron chi connectivity index (χ2n) is 7.79. The maximum atomic E-state index is 12.8. The first-order chi connectivity index (χ1) is 13.3. The van der Waals surface area contributed by atoms with Crippen LogP contribution in [0.3, 0.4) is 0 Å². The highest BCUT2D eigenvalue weighted by Crippen LogP contribution is 2.20. The number of piperidine rings is 2. The molecule has 27 heavy (non-hydrogen) atoms. The highest BCUT2D eigenvalue weighted by Gasteiger charge is 2.28. The van der Waals surface area contributed by atoms with Gasteiger partial charge in [-0.15, -0.1) is 0 Å². The van der Waals surface area contributed by atoms with Crippen LogP contribution in [-0.2, 0) is 4.74 Å². The number of pyridine rings is 1. The smallest absolute Gasteiger partial charge is 0.255 e. The van der Waals surface area contributed by atoms with Gasteiger partial charge in [0.15, 0.2) is 0 Å². The number of hydrogen-bond acceptors (Lipinski definition) is 6. The third-order valence-electron chi connectivity index (χ3n) is 5.97. The third-order valence-corrected chi connectivity index (χ3v) is 5.97. The van der Waals surface area contributed by atoms with Gasteiger partial charge in [0.05, 0.1) is 18.8 Å². The molecule has 0 saturated carbocycles. The maximum Gasteiger partial charge on any atom is 0.255 e. The van der Waals surface area contributed by atoms with E-state index in [4.69, 9.17) is 4.74 Å². The summed E-state index contributed by atoms with van der Waals surface area (Å²) in [5.74, 6) is 0.958. The molecule has 7 heteroatoms. The van der Waals surface area contributed by atoms with E-state index in [1.807, 2.05) is 17.0 Å². The molecule has 1 aromatic heterocycles. The van der Waals surface area contributed by atoms with Gasteiger partial charge in [-0.1, -0.05) is 0 Å². The number of morpholine rings is 1. The van der Waals surface area contributed by atoms with Crippen molar-refractivity contribution < 1.29 is 9.53 Å². The Hall–Kier alpha value is -1.70. The first-order valence-electron chi connectivity index (χ1n) is 10.3. The predicted octanol–water partition coefficient (Wildman–Crippen LogP) is 1.18. The van der Waals surface area contributed by atoms with Gasteiger partial charge in [0.25, 0.3) is 5.91 Å². The molecular weight excluding hydrogens is 342 g/mol. The molecule has 1 aromatic rings. The van der Waals surface area contributed by atoms with Crippen LogP contribution in [0.15, 0.2) is 18.3 Å². The number of carbonyl (C=O) groups is 1. The van der Waals surface area contributed by atoms with Gasteiger partial charge in [0.1, 0.15) is 5.82 Å². The van der Waals surface area contributed by atoms with Crippen molar-refractivity contribution in [2.24, 2.45) is 0 Å². The van der Waals surface area contributed by atoms with E-state index in [-0.39, 0.29) is 5.91 Å². The molecule has 1 amide bonds. The van der Waals surface area contributed by atoms with Gasteiger partial charge >= 0.3 is 0 Å². The number of anilines is 1. The minimum atomic E-state index is 0.105. The summed E-state index contributed by atoms with van der Waals surface area (Å²) in [6.45, 7) is 7.44. The Morgan fingerprint density at radius 3 is 2.63 bits per heavy atom. The highest BCUT2D eigenvalue weighted by atomic mass is 16.5. The lowest BCUT2D eigenvalue weighted by atomic mass is 10.0. The van der Waals surface area contributed by atoms with Gasteiger partial charge in [-0.2, -0.15) is 0 Å². The lowest BCUT2D eigenvalue weighted by molar-refractivity contribution is 0.00158. The fraction of sp³-hybridized carbons (Fsp3) is 0.700. The third kappa shape index (κ3) is 4.78. The number of likely N-dealkylation sites (tertiary alicyclic amines) is 1. The van der Waals surface area contributed by atoms with Crippen LogP contribution in [0, 0.1) is 0 Å². The Labute approximate surface area is 161 Å². The van der Waals surface area contributed by atoms with Crippen LogP contribution >= 0.6 is 0 Å². The average Bonchev–Trinajstić information content (AvgIpc) is 2.75.